The number of hydrogen-bond acceptors (Lipinski definition) is 5. The van der Waals surface area contributed by atoms with Gasteiger partial charge in [-0.2, -0.15) is 5.26 Å². The van der Waals surface area contributed by atoms with Gasteiger partial charge in [-0.05, 0) is 19.4 Å². The second-order valence-corrected chi connectivity index (χ2v) is 6.64. The van der Waals surface area contributed by atoms with Gasteiger partial charge in [-0.1, -0.05) is 30.3 Å². The Kier molecular flexibility index (Phi) is 5.03. The molecule has 2 aromatic rings. The SMILES string of the molecule is COCCOc1nc(-c2ccccc2)c2c(c1C#N)CC(C)(C)OC2. The van der Waals surface area contributed by atoms with Crippen molar-refractivity contribution in [1.29, 1.82) is 5.26 Å². The minimum Gasteiger partial charge on any atom is -0.474 e. The van der Waals surface area contributed by atoms with Crippen LogP contribution >= 0.6 is 0 Å². The summed E-state index contributed by atoms with van der Waals surface area (Å²) < 4.78 is 16.8. The Labute approximate surface area is 148 Å². The molecule has 3 rings (SSSR count). The summed E-state index contributed by atoms with van der Waals surface area (Å²) in [6, 6.07) is 12.2. The predicted octanol–water partition coefficient (Wildman–Crippen LogP) is 3.50. The summed E-state index contributed by atoms with van der Waals surface area (Å²) in [6.45, 7) is 5.30. The maximum absolute atomic E-state index is 9.72. The highest BCUT2D eigenvalue weighted by atomic mass is 16.5. The van der Waals surface area contributed by atoms with Crippen LogP contribution in [-0.2, 0) is 22.5 Å². The quantitative estimate of drug-likeness (QED) is 0.781. The average molecular weight is 338 g/mol. The maximum Gasteiger partial charge on any atom is 0.232 e. The normalized spacial score (nSPS) is 15.3. The molecule has 0 fully saturated rings. The van der Waals surface area contributed by atoms with Gasteiger partial charge in [0.25, 0.3) is 0 Å². The Morgan fingerprint density at radius 1 is 1.20 bits per heavy atom. The molecule has 25 heavy (non-hydrogen) atoms. The van der Waals surface area contributed by atoms with E-state index in [9.17, 15) is 5.26 Å². The molecule has 0 unspecified atom stereocenters. The third kappa shape index (κ3) is 3.65. The molecular weight excluding hydrogens is 316 g/mol. The summed E-state index contributed by atoms with van der Waals surface area (Å²) >= 11 is 0. The van der Waals surface area contributed by atoms with E-state index in [0.29, 0.717) is 37.7 Å². The molecule has 0 N–H and O–H groups in total. The van der Waals surface area contributed by atoms with Crippen LogP contribution in [0.15, 0.2) is 30.3 Å². The Hall–Kier alpha value is -2.42. The fourth-order valence-electron chi connectivity index (χ4n) is 3.02. The first kappa shape index (κ1) is 17.4. The molecule has 0 atom stereocenters. The summed E-state index contributed by atoms with van der Waals surface area (Å²) in [4.78, 5) is 4.67. The molecular formula is C20H22N2O3. The first-order valence-electron chi connectivity index (χ1n) is 8.32. The van der Waals surface area contributed by atoms with E-state index in [1.165, 1.54) is 0 Å². The van der Waals surface area contributed by atoms with Gasteiger partial charge in [0, 0.05) is 24.7 Å². The highest BCUT2D eigenvalue weighted by molar-refractivity contribution is 5.68. The average Bonchev–Trinajstić information content (AvgIpc) is 2.61. The van der Waals surface area contributed by atoms with Crippen LogP contribution in [0.3, 0.4) is 0 Å². The van der Waals surface area contributed by atoms with Crippen molar-refractivity contribution in [3.63, 3.8) is 0 Å². The number of aromatic nitrogens is 1. The van der Waals surface area contributed by atoms with Crippen LogP contribution in [0.25, 0.3) is 11.3 Å². The molecule has 0 bridgehead atoms. The van der Waals surface area contributed by atoms with Gasteiger partial charge in [0.05, 0.1) is 24.5 Å². The van der Waals surface area contributed by atoms with Gasteiger partial charge in [-0.3, -0.25) is 0 Å². The highest BCUT2D eigenvalue weighted by Gasteiger charge is 2.32. The third-order valence-corrected chi connectivity index (χ3v) is 4.27. The molecule has 2 heterocycles. The number of nitriles is 1. The number of hydrogen-bond donors (Lipinski definition) is 0. The van der Waals surface area contributed by atoms with Crippen molar-refractivity contribution < 1.29 is 14.2 Å². The molecule has 130 valence electrons. The van der Waals surface area contributed by atoms with Crippen molar-refractivity contribution in [2.75, 3.05) is 20.3 Å². The van der Waals surface area contributed by atoms with Crippen LogP contribution in [0.4, 0.5) is 0 Å². The van der Waals surface area contributed by atoms with E-state index in [1.807, 2.05) is 44.2 Å². The molecule has 1 aromatic carbocycles. The number of benzene rings is 1. The third-order valence-electron chi connectivity index (χ3n) is 4.27. The second-order valence-electron chi connectivity index (χ2n) is 6.64. The molecule has 1 aromatic heterocycles. The van der Waals surface area contributed by atoms with Crippen molar-refractivity contribution in [2.24, 2.45) is 0 Å². The van der Waals surface area contributed by atoms with Crippen molar-refractivity contribution in [1.82, 2.24) is 4.98 Å². The molecule has 5 nitrogen and oxygen atoms in total. The molecule has 0 saturated carbocycles. The lowest BCUT2D eigenvalue weighted by atomic mass is 9.87. The Bertz CT molecular complexity index is 795. The van der Waals surface area contributed by atoms with Crippen LogP contribution < -0.4 is 4.74 Å². The predicted molar refractivity (Wildman–Crippen MR) is 94.3 cm³/mol. The largest absolute Gasteiger partial charge is 0.474 e. The molecule has 0 spiro atoms. The summed E-state index contributed by atoms with van der Waals surface area (Å²) in [5.41, 5.74) is 3.93. The number of pyridine rings is 1. The Morgan fingerprint density at radius 3 is 2.64 bits per heavy atom. The molecule has 5 heteroatoms. The van der Waals surface area contributed by atoms with Crippen LogP contribution in [0.2, 0.25) is 0 Å². The van der Waals surface area contributed by atoms with Gasteiger partial charge in [0.1, 0.15) is 18.2 Å². The number of nitrogens with zero attached hydrogens (tertiary/aromatic N) is 2. The number of methoxy groups -OCH3 is 1. The number of ether oxygens (including phenoxy) is 3. The smallest absolute Gasteiger partial charge is 0.232 e. The van der Waals surface area contributed by atoms with E-state index < -0.39 is 0 Å². The summed E-state index contributed by atoms with van der Waals surface area (Å²) in [5, 5.41) is 9.72. The van der Waals surface area contributed by atoms with E-state index in [0.717, 1.165) is 22.4 Å². The molecule has 0 aliphatic carbocycles. The Morgan fingerprint density at radius 2 is 1.96 bits per heavy atom. The van der Waals surface area contributed by atoms with Gasteiger partial charge in [0.2, 0.25) is 5.88 Å². The van der Waals surface area contributed by atoms with E-state index in [-0.39, 0.29) is 5.60 Å². The number of fused-ring (bicyclic) bond motifs is 1. The van der Waals surface area contributed by atoms with Crippen LogP contribution in [-0.4, -0.2) is 30.9 Å². The minimum atomic E-state index is -0.322. The number of rotatable bonds is 5. The zero-order valence-corrected chi connectivity index (χ0v) is 14.8. The lowest BCUT2D eigenvalue weighted by Gasteiger charge is -2.33. The Balaban J connectivity index is 2.15. The summed E-state index contributed by atoms with van der Waals surface area (Å²) in [7, 11) is 1.62. The van der Waals surface area contributed by atoms with Gasteiger partial charge in [0.15, 0.2) is 0 Å². The monoisotopic (exact) mass is 338 g/mol. The highest BCUT2D eigenvalue weighted by Crippen LogP contribution is 2.38. The standard InChI is InChI=1S/C20H22N2O3/c1-20(2)11-15-16(12-21)19(24-10-9-23-3)22-18(17(15)13-25-20)14-7-5-4-6-8-14/h4-8H,9-11,13H2,1-3H3. The maximum atomic E-state index is 9.72. The fraction of sp³-hybridized carbons (Fsp3) is 0.400. The first-order valence-corrected chi connectivity index (χ1v) is 8.32. The van der Waals surface area contributed by atoms with Gasteiger partial charge in [-0.15, -0.1) is 0 Å². The minimum absolute atomic E-state index is 0.322. The zero-order chi connectivity index (χ0) is 17.9. The fourth-order valence-corrected chi connectivity index (χ4v) is 3.02. The van der Waals surface area contributed by atoms with Crippen molar-refractivity contribution >= 4 is 0 Å². The van der Waals surface area contributed by atoms with Crippen LogP contribution in [0.1, 0.15) is 30.5 Å². The second kappa shape index (κ2) is 7.22. The van der Waals surface area contributed by atoms with E-state index in [1.54, 1.807) is 7.11 Å². The van der Waals surface area contributed by atoms with Gasteiger partial charge < -0.3 is 14.2 Å². The first-order chi connectivity index (χ1) is 12.1. The lowest BCUT2D eigenvalue weighted by molar-refractivity contribution is -0.0401. The van der Waals surface area contributed by atoms with Crippen LogP contribution in [0, 0.1) is 11.3 Å². The van der Waals surface area contributed by atoms with Crippen LogP contribution in [0.5, 0.6) is 5.88 Å². The molecule has 1 aliphatic heterocycles. The zero-order valence-electron chi connectivity index (χ0n) is 14.8. The molecule has 1 aliphatic rings. The lowest BCUT2D eigenvalue weighted by Crippen LogP contribution is -2.33. The topological polar surface area (TPSA) is 64.4 Å². The van der Waals surface area contributed by atoms with Crippen molar-refractivity contribution in [2.45, 2.75) is 32.5 Å². The molecule has 0 amide bonds. The van der Waals surface area contributed by atoms with Gasteiger partial charge >= 0.3 is 0 Å². The summed E-state index contributed by atoms with van der Waals surface area (Å²) in [6.07, 6.45) is 0.647. The molecule has 0 radical (unpaired) electrons. The summed E-state index contributed by atoms with van der Waals surface area (Å²) in [5.74, 6) is 0.370. The van der Waals surface area contributed by atoms with Gasteiger partial charge in [-0.25, -0.2) is 4.98 Å². The van der Waals surface area contributed by atoms with E-state index >= 15 is 0 Å². The van der Waals surface area contributed by atoms with E-state index in [4.69, 9.17) is 14.2 Å². The van der Waals surface area contributed by atoms with E-state index in [2.05, 4.69) is 11.1 Å². The molecule has 0 saturated heterocycles. The van der Waals surface area contributed by atoms with Crippen molar-refractivity contribution in [3.05, 3.63) is 47.0 Å². The van der Waals surface area contributed by atoms with Crippen molar-refractivity contribution in [3.8, 4) is 23.2 Å².